The van der Waals surface area contributed by atoms with Gasteiger partial charge in [0.1, 0.15) is 23.0 Å². The molecule has 57 heavy (non-hydrogen) atoms. The van der Waals surface area contributed by atoms with E-state index < -0.39 is 14.2 Å². The summed E-state index contributed by atoms with van der Waals surface area (Å²) in [6.07, 6.45) is 0.454. The first-order valence-electron chi connectivity index (χ1n) is 19.2. The van der Waals surface area contributed by atoms with Crippen molar-refractivity contribution in [1.29, 1.82) is 0 Å². The second-order valence-corrected chi connectivity index (χ2v) is 18.4. The Morgan fingerprint density at radius 3 is 2.11 bits per heavy atom. The van der Waals surface area contributed by atoms with Gasteiger partial charge in [0.15, 0.2) is 14.2 Å². The molecule has 4 heterocycles. The molecule has 0 amide bonds. The van der Waals surface area contributed by atoms with Crippen LogP contribution in [0.4, 0.5) is 4.39 Å². The highest BCUT2D eigenvalue weighted by Gasteiger charge is 2.50. The first-order chi connectivity index (χ1) is 28.1. The Hall–Kier alpha value is -7.09. The van der Waals surface area contributed by atoms with Crippen LogP contribution in [-0.4, -0.2) is 27.2 Å². The number of hydrogen-bond acceptors (Lipinski definition) is 3. The van der Waals surface area contributed by atoms with Gasteiger partial charge in [0.25, 0.3) is 0 Å². The van der Waals surface area contributed by atoms with Gasteiger partial charge in [0.2, 0.25) is 0 Å². The van der Waals surface area contributed by atoms with Crippen molar-refractivity contribution in [1.82, 2.24) is 19.1 Å². The van der Waals surface area contributed by atoms with Crippen LogP contribution < -0.4 is 25.5 Å². The van der Waals surface area contributed by atoms with Crippen LogP contribution in [0.5, 0.6) is 11.5 Å². The third-order valence-electron chi connectivity index (χ3n) is 11.6. The minimum atomic E-state index is -3.07. The molecule has 0 saturated heterocycles. The standard InChI is InChI=1S/C50H35FN4OSi/c1-54-42-25-9-8-24-41(42)53-49(54)35-17-12-15-33(31-35)46(51)34-16-13-18-36(32-34)55-47-39(40-23-14-30-52-50(40)55)28-29-44-48(47)57(37-19-4-2-5-20-37,38-21-6-3-7-22-38)45-27-11-10-26-43(45)56-44/h2-32,46H,1H3. The summed E-state index contributed by atoms with van der Waals surface area (Å²) in [5, 5.41) is 6.93. The van der Waals surface area contributed by atoms with Gasteiger partial charge in [-0.3, -0.25) is 4.57 Å². The van der Waals surface area contributed by atoms with Crippen molar-refractivity contribution >= 4 is 61.8 Å². The Bertz CT molecular complexity index is 3120. The van der Waals surface area contributed by atoms with E-state index in [2.05, 4.69) is 118 Å². The summed E-state index contributed by atoms with van der Waals surface area (Å²) < 4.78 is 28.3. The van der Waals surface area contributed by atoms with Gasteiger partial charge < -0.3 is 9.30 Å². The molecular formula is C50H35FN4OSi. The summed E-state index contributed by atoms with van der Waals surface area (Å²) in [6.45, 7) is 0. The van der Waals surface area contributed by atoms with E-state index in [9.17, 15) is 0 Å². The topological polar surface area (TPSA) is 44.9 Å². The van der Waals surface area contributed by atoms with Crippen molar-refractivity contribution in [2.24, 2.45) is 7.05 Å². The number of nitrogens with zero attached hydrogens (tertiary/aromatic N) is 4. The van der Waals surface area contributed by atoms with Crippen LogP contribution in [0.2, 0.25) is 0 Å². The molecule has 7 heteroatoms. The third kappa shape index (κ3) is 4.99. The number of imidazole rings is 1. The van der Waals surface area contributed by atoms with Crippen molar-refractivity contribution in [2.75, 3.05) is 0 Å². The lowest BCUT2D eigenvalue weighted by atomic mass is 10.00. The molecule has 0 spiro atoms. The Kier molecular flexibility index (Phi) is 7.59. The van der Waals surface area contributed by atoms with Crippen LogP contribution in [-0.2, 0) is 7.05 Å². The summed E-state index contributed by atoms with van der Waals surface area (Å²) in [5.41, 5.74) is 6.59. The minimum Gasteiger partial charge on any atom is -0.457 e. The fourth-order valence-corrected chi connectivity index (χ4v) is 14.3. The maximum absolute atomic E-state index is 17.1. The molecular weight excluding hydrogens is 720 g/mol. The number of aromatic nitrogens is 4. The minimum absolute atomic E-state index is 0.557. The molecule has 1 aliphatic heterocycles. The highest BCUT2D eigenvalue weighted by molar-refractivity contribution is 7.21. The summed E-state index contributed by atoms with van der Waals surface area (Å²) in [5.74, 6) is 2.49. The lowest BCUT2D eigenvalue weighted by Crippen LogP contribution is -2.76. The summed E-state index contributed by atoms with van der Waals surface area (Å²) in [6, 6.07) is 62.3. The average Bonchev–Trinajstić information content (AvgIpc) is 3.80. The zero-order valence-electron chi connectivity index (χ0n) is 31.1. The fourth-order valence-electron chi connectivity index (χ4n) is 9.13. The molecule has 1 aliphatic rings. The lowest BCUT2D eigenvalue weighted by molar-refractivity contribution is 0.402. The molecule has 0 N–H and O–H groups in total. The van der Waals surface area contributed by atoms with Crippen LogP contribution >= 0.6 is 0 Å². The molecule has 0 saturated carbocycles. The Morgan fingerprint density at radius 1 is 0.614 bits per heavy atom. The van der Waals surface area contributed by atoms with Gasteiger partial charge in [0, 0.05) is 40.5 Å². The largest absolute Gasteiger partial charge is 0.457 e. The van der Waals surface area contributed by atoms with E-state index in [0.29, 0.717) is 11.1 Å². The zero-order chi connectivity index (χ0) is 38.1. The van der Waals surface area contributed by atoms with Gasteiger partial charge in [-0.1, -0.05) is 121 Å². The Morgan fingerprint density at radius 2 is 1.32 bits per heavy atom. The number of halogens is 1. The van der Waals surface area contributed by atoms with E-state index in [1.807, 2.05) is 86.0 Å². The van der Waals surface area contributed by atoms with Gasteiger partial charge in [-0.15, -0.1) is 0 Å². The second-order valence-electron chi connectivity index (χ2n) is 14.7. The van der Waals surface area contributed by atoms with Crippen molar-refractivity contribution in [3.8, 4) is 28.6 Å². The van der Waals surface area contributed by atoms with Crippen LogP contribution in [0.1, 0.15) is 17.3 Å². The van der Waals surface area contributed by atoms with E-state index in [0.717, 1.165) is 66.7 Å². The molecule has 7 aromatic carbocycles. The Labute approximate surface area is 329 Å². The predicted molar refractivity (Wildman–Crippen MR) is 231 cm³/mol. The monoisotopic (exact) mass is 754 g/mol. The average molecular weight is 755 g/mol. The number of hydrogen-bond donors (Lipinski definition) is 0. The quantitative estimate of drug-likeness (QED) is 0.159. The van der Waals surface area contributed by atoms with Crippen molar-refractivity contribution in [3.05, 3.63) is 199 Å². The lowest BCUT2D eigenvalue weighted by Gasteiger charge is -2.40. The highest BCUT2D eigenvalue weighted by Crippen LogP contribution is 2.39. The van der Waals surface area contributed by atoms with Crippen LogP contribution in [0.3, 0.4) is 0 Å². The second kappa shape index (κ2) is 13.0. The molecule has 0 fully saturated rings. The zero-order valence-corrected chi connectivity index (χ0v) is 32.1. The molecule has 0 radical (unpaired) electrons. The predicted octanol–water partition coefficient (Wildman–Crippen LogP) is 9.27. The third-order valence-corrected chi connectivity index (χ3v) is 16.5. The molecule has 5 nitrogen and oxygen atoms in total. The van der Waals surface area contributed by atoms with Gasteiger partial charge in [-0.05, 0) is 87.4 Å². The number of aryl methyl sites for hydroxylation is 1. The van der Waals surface area contributed by atoms with Gasteiger partial charge in [-0.25, -0.2) is 14.4 Å². The maximum atomic E-state index is 17.1. The molecule has 272 valence electrons. The maximum Gasteiger partial charge on any atom is 0.191 e. The first kappa shape index (κ1) is 33.3. The summed E-state index contributed by atoms with van der Waals surface area (Å²) >= 11 is 0. The van der Waals surface area contributed by atoms with E-state index in [1.54, 1.807) is 0 Å². The molecule has 0 aliphatic carbocycles. The molecule has 3 aromatic heterocycles. The molecule has 1 atom stereocenters. The van der Waals surface area contributed by atoms with Gasteiger partial charge >= 0.3 is 0 Å². The molecule has 10 aromatic rings. The number of pyridine rings is 1. The summed E-state index contributed by atoms with van der Waals surface area (Å²) in [7, 11) is -1.06. The van der Waals surface area contributed by atoms with E-state index in [1.165, 1.54) is 15.6 Å². The SMILES string of the molecule is Cn1c(-c2cccc(C(F)c3cccc(-n4c5ncccc5c5ccc6c(c54)[Si](c4ccccc4)(c4ccccc4)c4ccccc4O6)c3)c2)nc2ccccc21. The number of ether oxygens (including phenoxy) is 1. The van der Waals surface area contributed by atoms with E-state index in [-0.39, 0.29) is 0 Å². The fraction of sp³-hybridized carbons (Fsp3) is 0.0400. The van der Waals surface area contributed by atoms with Crippen LogP contribution in [0.25, 0.3) is 50.0 Å². The van der Waals surface area contributed by atoms with E-state index in [4.69, 9.17) is 14.7 Å². The Balaban J connectivity index is 1.15. The van der Waals surface area contributed by atoms with Crippen molar-refractivity contribution < 1.29 is 9.13 Å². The van der Waals surface area contributed by atoms with Crippen molar-refractivity contribution in [2.45, 2.75) is 6.17 Å². The number of fused-ring (bicyclic) bond motifs is 7. The summed E-state index contributed by atoms with van der Waals surface area (Å²) in [4.78, 5) is 9.91. The van der Waals surface area contributed by atoms with Crippen LogP contribution in [0.15, 0.2) is 188 Å². The number of benzene rings is 7. The number of rotatable bonds is 6. The van der Waals surface area contributed by atoms with Gasteiger partial charge in [-0.2, -0.15) is 0 Å². The van der Waals surface area contributed by atoms with Gasteiger partial charge in [0.05, 0.1) is 16.6 Å². The molecule has 1 unspecified atom stereocenters. The normalized spacial score (nSPS) is 13.6. The van der Waals surface area contributed by atoms with Crippen LogP contribution in [0, 0.1) is 0 Å². The van der Waals surface area contributed by atoms with Crippen molar-refractivity contribution in [3.63, 3.8) is 0 Å². The number of para-hydroxylation sites is 3. The number of alkyl halides is 1. The van der Waals surface area contributed by atoms with E-state index >= 15 is 4.39 Å². The molecule has 0 bridgehead atoms. The smallest absolute Gasteiger partial charge is 0.191 e. The highest BCUT2D eigenvalue weighted by atomic mass is 28.3. The molecule has 11 rings (SSSR count). The first-order valence-corrected chi connectivity index (χ1v) is 21.2.